The third-order valence-electron chi connectivity index (χ3n) is 5.30. The largest absolute Gasteiger partial charge is 0.497 e. The summed E-state index contributed by atoms with van der Waals surface area (Å²) in [6, 6.07) is 9.16. The van der Waals surface area contributed by atoms with E-state index in [1.54, 1.807) is 13.2 Å². The molecule has 0 atom stereocenters. The first-order chi connectivity index (χ1) is 13.5. The Bertz CT molecular complexity index is 1050. The summed E-state index contributed by atoms with van der Waals surface area (Å²) >= 11 is 0. The number of piperidine rings is 1. The van der Waals surface area contributed by atoms with E-state index in [9.17, 15) is 9.59 Å². The highest BCUT2D eigenvalue weighted by molar-refractivity contribution is 5.76. The Morgan fingerprint density at radius 1 is 1.21 bits per heavy atom. The van der Waals surface area contributed by atoms with Gasteiger partial charge in [-0.2, -0.15) is 10.2 Å². The minimum Gasteiger partial charge on any atom is -0.497 e. The first-order valence-corrected chi connectivity index (χ1v) is 9.43. The normalized spacial score (nSPS) is 15.1. The third kappa shape index (κ3) is 3.49. The number of rotatable bonds is 4. The Labute approximate surface area is 162 Å². The zero-order valence-electron chi connectivity index (χ0n) is 16.0. The van der Waals surface area contributed by atoms with Crippen molar-refractivity contribution in [1.29, 1.82) is 0 Å². The number of likely N-dealkylation sites (tertiary alicyclic amines) is 1. The SMILES string of the molecule is COc1ccc(-c2cc3c(=O)n(CC(=O)N4CCC(C)CC4)ncn3n2)cc1. The molecule has 1 aromatic carbocycles. The number of carbonyl (C=O) groups excluding carboxylic acids is 1. The minimum atomic E-state index is -0.325. The number of benzene rings is 1. The van der Waals surface area contributed by atoms with E-state index in [1.165, 1.54) is 15.5 Å². The minimum absolute atomic E-state index is 0.0488. The van der Waals surface area contributed by atoms with Gasteiger partial charge in [0.15, 0.2) is 0 Å². The van der Waals surface area contributed by atoms with Crippen LogP contribution in [-0.2, 0) is 11.3 Å². The van der Waals surface area contributed by atoms with E-state index in [4.69, 9.17) is 4.74 Å². The van der Waals surface area contributed by atoms with Crippen molar-refractivity contribution in [3.63, 3.8) is 0 Å². The molecular formula is C20H23N5O3. The van der Waals surface area contributed by atoms with Gasteiger partial charge in [0.05, 0.1) is 12.8 Å². The van der Waals surface area contributed by atoms with Gasteiger partial charge >= 0.3 is 0 Å². The number of hydrogen-bond donors (Lipinski definition) is 0. The molecule has 1 amide bonds. The van der Waals surface area contributed by atoms with Crippen LogP contribution in [0.4, 0.5) is 0 Å². The molecule has 1 fully saturated rings. The fourth-order valence-electron chi connectivity index (χ4n) is 3.44. The number of methoxy groups -OCH3 is 1. The zero-order chi connectivity index (χ0) is 19.7. The summed E-state index contributed by atoms with van der Waals surface area (Å²) in [4.78, 5) is 27.2. The highest BCUT2D eigenvalue weighted by Crippen LogP contribution is 2.21. The molecule has 0 N–H and O–H groups in total. The lowest BCUT2D eigenvalue weighted by Crippen LogP contribution is -2.41. The van der Waals surface area contributed by atoms with Gasteiger partial charge in [-0.05, 0) is 49.1 Å². The molecule has 8 heteroatoms. The first kappa shape index (κ1) is 18.2. The predicted molar refractivity (Wildman–Crippen MR) is 104 cm³/mol. The molecule has 2 aromatic heterocycles. The summed E-state index contributed by atoms with van der Waals surface area (Å²) in [5.74, 6) is 1.33. The van der Waals surface area contributed by atoms with Crippen molar-refractivity contribution in [3.8, 4) is 17.0 Å². The quantitative estimate of drug-likeness (QED) is 0.689. The molecule has 0 saturated carbocycles. The van der Waals surface area contributed by atoms with Gasteiger partial charge in [-0.15, -0.1) is 0 Å². The summed E-state index contributed by atoms with van der Waals surface area (Å²) in [7, 11) is 1.61. The van der Waals surface area contributed by atoms with E-state index in [0.29, 0.717) is 17.1 Å². The number of nitrogens with zero attached hydrogens (tertiary/aromatic N) is 5. The molecule has 146 valence electrons. The number of hydrogen-bond acceptors (Lipinski definition) is 5. The van der Waals surface area contributed by atoms with Gasteiger partial charge in [0.1, 0.15) is 24.1 Å². The smallest absolute Gasteiger partial charge is 0.293 e. The number of ether oxygens (including phenoxy) is 1. The van der Waals surface area contributed by atoms with Crippen molar-refractivity contribution in [3.05, 3.63) is 47.0 Å². The van der Waals surface area contributed by atoms with Crippen molar-refractivity contribution in [2.75, 3.05) is 20.2 Å². The molecule has 1 saturated heterocycles. The second-order valence-electron chi connectivity index (χ2n) is 7.24. The van der Waals surface area contributed by atoms with Gasteiger partial charge < -0.3 is 9.64 Å². The average Bonchev–Trinajstić information content (AvgIpc) is 3.16. The summed E-state index contributed by atoms with van der Waals surface area (Å²) in [6.07, 6.45) is 3.47. The molecule has 0 spiro atoms. The Balaban J connectivity index is 1.58. The van der Waals surface area contributed by atoms with Crippen LogP contribution in [0.5, 0.6) is 5.75 Å². The number of fused-ring (bicyclic) bond motifs is 1. The summed E-state index contributed by atoms with van der Waals surface area (Å²) in [5, 5.41) is 8.55. The number of aromatic nitrogens is 4. The molecular weight excluding hydrogens is 358 g/mol. The maximum absolute atomic E-state index is 12.8. The Kier molecular flexibility index (Phi) is 4.85. The maximum atomic E-state index is 12.8. The maximum Gasteiger partial charge on any atom is 0.293 e. The van der Waals surface area contributed by atoms with E-state index in [0.717, 1.165) is 37.2 Å². The van der Waals surface area contributed by atoms with Crippen molar-refractivity contribution < 1.29 is 9.53 Å². The lowest BCUT2D eigenvalue weighted by molar-refractivity contribution is -0.133. The Hall–Kier alpha value is -3.16. The molecule has 8 nitrogen and oxygen atoms in total. The van der Waals surface area contributed by atoms with Gasteiger partial charge in [0.2, 0.25) is 5.91 Å². The van der Waals surface area contributed by atoms with Crippen molar-refractivity contribution in [2.45, 2.75) is 26.3 Å². The molecule has 0 aliphatic carbocycles. The fraction of sp³-hybridized carbons (Fsp3) is 0.400. The predicted octanol–water partition coefficient (Wildman–Crippen LogP) is 1.83. The molecule has 1 aliphatic heterocycles. The van der Waals surface area contributed by atoms with Crippen LogP contribution in [0.2, 0.25) is 0 Å². The van der Waals surface area contributed by atoms with Crippen LogP contribution in [0.3, 0.4) is 0 Å². The molecule has 3 aromatic rings. The standard InChI is InChI=1S/C20H23N5O3/c1-14-7-9-23(10-8-14)19(26)12-24-20(27)18-11-17(22-25(18)13-21-24)15-3-5-16(28-2)6-4-15/h3-6,11,13-14H,7-10,12H2,1-2H3. The van der Waals surface area contributed by atoms with Crippen LogP contribution >= 0.6 is 0 Å². The van der Waals surface area contributed by atoms with E-state index in [2.05, 4.69) is 17.1 Å². The Morgan fingerprint density at radius 3 is 2.61 bits per heavy atom. The molecule has 28 heavy (non-hydrogen) atoms. The second-order valence-corrected chi connectivity index (χ2v) is 7.24. The van der Waals surface area contributed by atoms with Crippen LogP contribution in [0, 0.1) is 5.92 Å². The van der Waals surface area contributed by atoms with Crippen LogP contribution in [0.1, 0.15) is 19.8 Å². The molecule has 0 radical (unpaired) electrons. The van der Waals surface area contributed by atoms with Crippen LogP contribution in [-0.4, -0.2) is 50.4 Å². The zero-order valence-corrected chi connectivity index (χ0v) is 16.0. The van der Waals surface area contributed by atoms with Crippen molar-refractivity contribution in [1.82, 2.24) is 24.3 Å². The van der Waals surface area contributed by atoms with Crippen molar-refractivity contribution in [2.24, 2.45) is 5.92 Å². The molecule has 3 heterocycles. The topological polar surface area (TPSA) is 81.7 Å². The van der Waals surface area contributed by atoms with Crippen LogP contribution in [0.15, 0.2) is 41.5 Å². The molecule has 1 aliphatic rings. The number of amides is 1. The van der Waals surface area contributed by atoms with E-state index < -0.39 is 0 Å². The van der Waals surface area contributed by atoms with Crippen LogP contribution in [0.25, 0.3) is 16.8 Å². The lowest BCUT2D eigenvalue weighted by atomic mass is 9.99. The van der Waals surface area contributed by atoms with E-state index in [-0.39, 0.29) is 18.0 Å². The van der Waals surface area contributed by atoms with Crippen LogP contribution < -0.4 is 10.3 Å². The Morgan fingerprint density at radius 2 is 1.93 bits per heavy atom. The highest BCUT2D eigenvalue weighted by atomic mass is 16.5. The summed E-state index contributed by atoms with van der Waals surface area (Å²) in [5.41, 5.74) is 1.60. The van der Waals surface area contributed by atoms with E-state index >= 15 is 0 Å². The first-order valence-electron chi connectivity index (χ1n) is 9.43. The molecule has 4 rings (SSSR count). The average molecular weight is 381 g/mol. The third-order valence-corrected chi connectivity index (χ3v) is 5.30. The fourth-order valence-corrected chi connectivity index (χ4v) is 3.44. The van der Waals surface area contributed by atoms with Gasteiger partial charge in [0, 0.05) is 18.7 Å². The van der Waals surface area contributed by atoms with E-state index in [1.807, 2.05) is 29.2 Å². The monoisotopic (exact) mass is 381 g/mol. The second kappa shape index (κ2) is 7.46. The van der Waals surface area contributed by atoms with Gasteiger partial charge in [-0.1, -0.05) is 6.92 Å². The molecule has 0 unspecified atom stereocenters. The number of carbonyl (C=O) groups is 1. The van der Waals surface area contributed by atoms with Crippen molar-refractivity contribution >= 4 is 11.4 Å². The van der Waals surface area contributed by atoms with Gasteiger partial charge in [-0.3, -0.25) is 9.59 Å². The molecule has 0 bridgehead atoms. The van der Waals surface area contributed by atoms with Gasteiger partial charge in [0.25, 0.3) is 5.56 Å². The summed E-state index contributed by atoms with van der Waals surface area (Å²) in [6.45, 7) is 3.63. The summed E-state index contributed by atoms with van der Waals surface area (Å²) < 4.78 is 7.83. The van der Waals surface area contributed by atoms with Gasteiger partial charge in [-0.25, -0.2) is 9.20 Å². The highest BCUT2D eigenvalue weighted by Gasteiger charge is 2.21. The lowest BCUT2D eigenvalue weighted by Gasteiger charge is -2.30.